The van der Waals surface area contributed by atoms with Crippen LogP contribution in [0.5, 0.6) is 6.01 Å². The standard InChI is InChI=1S/C36H37FN8O3S/c1-5-30(46)45-11-8-28(29(45)18-47-4)44(3)34-24-12-20(15-38)23(22-6-7-26(37)32-31(22)25(16-39)33(40)49-32)13-27(24)41-35(42-34)48-17-21-14-36(9-10-36)19-43(21)2/h5-7,12-13,21,28-29H,1,8-11,14,17-19,40H2,2-4H3. The van der Waals surface area contributed by atoms with Gasteiger partial charge >= 0.3 is 6.01 Å². The molecule has 0 bridgehead atoms. The van der Waals surface area contributed by atoms with Crippen molar-refractivity contribution in [3.63, 3.8) is 0 Å². The number of nitrogen functional groups attached to an aromatic ring is 1. The zero-order chi connectivity index (χ0) is 34.6. The minimum atomic E-state index is -0.491. The minimum absolute atomic E-state index is 0.167. The number of methoxy groups -OCH3 is 1. The molecule has 4 heterocycles. The first-order valence-electron chi connectivity index (χ1n) is 16.3. The predicted octanol–water partition coefficient (Wildman–Crippen LogP) is 5.08. The molecule has 13 heteroatoms. The molecule has 2 N–H and O–H groups in total. The highest BCUT2D eigenvalue weighted by Crippen LogP contribution is 2.54. The SMILES string of the molecule is C=CC(=O)N1CCC(N(C)c2nc(OCC3CC4(CC4)CN3C)nc3cc(-c4ccc(F)c5sc(N)c(C#N)c45)c(C#N)cc23)C1COC. The van der Waals surface area contributed by atoms with Gasteiger partial charge < -0.3 is 25.0 Å². The van der Waals surface area contributed by atoms with E-state index in [1.807, 2.05) is 11.9 Å². The van der Waals surface area contributed by atoms with Crippen LogP contribution in [-0.2, 0) is 9.53 Å². The normalized spacial score (nSPS) is 21.3. The van der Waals surface area contributed by atoms with Crippen molar-refractivity contribution in [1.82, 2.24) is 19.8 Å². The molecule has 2 saturated heterocycles. The average Bonchev–Trinajstić information content (AvgIpc) is 3.40. The second-order valence-electron chi connectivity index (χ2n) is 13.4. The van der Waals surface area contributed by atoms with E-state index < -0.39 is 5.82 Å². The Bertz CT molecular complexity index is 2080. The van der Waals surface area contributed by atoms with Crippen LogP contribution in [0.1, 0.15) is 36.8 Å². The van der Waals surface area contributed by atoms with Gasteiger partial charge in [0.1, 0.15) is 29.3 Å². The fourth-order valence-electron chi connectivity index (χ4n) is 7.80. The van der Waals surface area contributed by atoms with E-state index >= 15 is 0 Å². The maximum atomic E-state index is 15.0. The van der Waals surface area contributed by atoms with Gasteiger partial charge in [0.05, 0.1) is 46.1 Å². The molecule has 11 nitrogen and oxygen atoms in total. The van der Waals surface area contributed by atoms with Gasteiger partial charge in [-0.05, 0) is 68.0 Å². The van der Waals surface area contributed by atoms with Crippen LogP contribution in [0, 0.1) is 33.9 Å². The zero-order valence-electron chi connectivity index (χ0n) is 27.7. The monoisotopic (exact) mass is 680 g/mol. The fourth-order valence-corrected chi connectivity index (χ4v) is 8.74. The number of carbonyl (C=O) groups excluding carboxylic acids is 1. The number of carbonyl (C=O) groups is 1. The van der Waals surface area contributed by atoms with Crippen LogP contribution in [0.4, 0.5) is 15.2 Å². The minimum Gasteiger partial charge on any atom is -0.462 e. The number of likely N-dealkylation sites (N-methyl/N-ethyl adjacent to an activating group) is 2. The molecule has 3 fully saturated rings. The Hall–Kier alpha value is -4.82. The summed E-state index contributed by atoms with van der Waals surface area (Å²) in [6.45, 7) is 5.99. The first-order chi connectivity index (χ1) is 23.6. The quantitative estimate of drug-likeness (QED) is 0.238. The van der Waals surface area contributed by atoms with E-state index in [0.29, 0.717) is 70.4 Å². The highest BCUT2D eigenvalue weighted by atomic mass is 32.1. The lowest BCUT2D eigenvalue weighted by atomic mass is 9.94. The Morgan fingerprint density at radius 2 is 2.04 bits per heavy atom. The average molecular weight is 681 g/mol. The van der Waals surface area contributed by atoms with E-state index in [9.17, 15) is 19.7 Å². The van der Waals surface area contributed by atoms with Crippen molar-refractivity contribution in [1.29, 1.82) is 10.5 Å². The van der Waals surface area contributed by atoms with Crippen LogP contribution >= 0.6 is 11.3 Å². The first kappa shape index (κ1) is 32.7. The molecule has 2 aromatic heterocycles. The Labute approximate surface area is 287 Å². The van der Waals surface area contributed by atoms with E-state index in [-0.39, 0.29) is 45.3 Å². The van der Waals surface area contributed by atoms with Crippen molar-refractivity contribution >= 4 is 49.1 Å². The molecule has 3 aliphatic rings. The molecule has 1 spiro atoms. The van der Waals surface area contributed by atoms with Gasteiger partial charge in [0.2, 0.25) is 5.91 Å². The van der Waals surface area contributed by atoms with E-state index in [2.05, 4.69) is 30.7 Å². The van der Waals surface area contributed by atoms with Crippen molar-refractivity contribution in [2.45, 2.75) is 43.8 Å². The molecule has 1 saturated carbocycles. The lowest BCUT2D eigenvalue weighted by Crippen LogP contribution is -2.48. The van der Waals surface area contributed by atoms with Gasteiger partial charge in [0.25, 0.3) is 0 Å². The van der Waals surface area contributed by atoms with Crippen LogP contribution < -0.4 is 15.4 Å². The Kier molecular flexibility index (Phi) is 8.39. The summed E-state index contributed by atoms with van der Waals surface area (Å²) in [5.74, 6) is -0.118. The summed E-state index contributed by atoms with van der Waals surface area (Å²) in [5.41, 5.74) is 8.52. The smallest absolute Gasteiger partial charge is 0.319 e. The number of likely N-dealkylation sites (tertiary alicyclic amines) is 2. The number of hydrogen-bond acceptors (Lipinski definition) is 11. The van der Waals surface area contributed by atoms with Crippen LogP contribution in [0.3, 0.4) is 0 Å². The van der Waals surface area contributed by atoms with Crippen LogP contribution in [0.15, 0.2) is 36.9 Å². The van der Waals surface area contributed by atoms with Crippen molar-refractivity contribution in [2.24, 2.45) is 5.41 Å². The van der Waals surface area contributed by atoms with Gasteiger partial charge in [-0.25, -0.2) is 4.39 Å². The third kappa shape index (κ3) is 5.62. The summed E-state index contributed by atoms with van der Waals surface area (Å²) in [6.07, 6.45) is 5.53. The number of rotatable bonds is 9. The van der Waals surface area contributed by atoms with Crippen LogP contribution in [0.25, 0.3) is 32.1 Å². The van der Waals surface area contributed by atoms with Gasteiger partial charge in [0.15, 0.2) is 0 Å². The number of benzene rings is 2. The van der Waals surface area contributed by atoms with Crippen molar-refractivity contribution in [3.05, 3.63) is 53.9 Å². The number of fused-ring (bicyclic) bond motifs is 2. The molecule has 4 aromatic rings. The molecule has 2 aliphatic heterocycles. The van der Waals surface area contributed by atoms with Crippen molar-refractivity contribution in [2.75, 3.05) is 58.1 Å². The molecule has 1 aliphatic carbocycles. The second-order valence-corrected chi connectivity index (χ2v) is 14.5. The number of hydrogen-bond donors (Lipinski definition) is 1. The third-order valence-corrected chi connectivity index (χ3v) is 11.5. The van der Waals surface area contributed by atoms with E-state index in [1.54, 1.807) is 30.2 Å². The summed E-state index contributed by atoms with van der Waals surface area (Å²) in [7, 11) is 5.65. The van der Waals surface area contributed by atoms with E-state index in [1.165, 1.54) is 25.0 Å². The molecule has 2 aromatic carbocycles. The Morgan fingerprint density at radius 3 is 2.71 bits per heavy atom. The lowest BCUT2D eigenvalue weighted by molar-refractivity contribution is -0.127. The Morgan fingerprint density at radius 1 is 1.24 bits per heavy atom. The summed E-state index contributed by atoms with van der Waals surface area (Å²) in [6, 6.07) is 10.8. The number of halogens is 1. The molecule has 3 atom stereocenters. The molecule has 7 rings (SSSR count). The number of aromatic nitrogens is 2. The molecule has 252 valence electrons. The third-order valence-electron chi connectivity index (χ3n) is 10.5. The number of amides is 1. The van der Waals surface area contributed by atoms with Crippen LogP contribution in [0.2, 0.25) is 0 Å². The highest BCUT2D eigenvalue weighted by molar-refractivity contribution is 7.23. The summed E-state index contributed by atoms with van der Waals surface area (Å²) in [5, 5.41) is 21.6. The zero-order valence-corrected chi connectivity index (χ0v) is 28.5. The van der Waals surface area contributed by atoms with E-state index in [4.69, 9.17) is 25.2 Å². The maximum absolute atomic E-state index is 15.0. The Balaban J connectivity index is 1.36. The van der Waals surface area contributed by atoms with Gasteiger partial charge in [-0.15, -0.1) is 11.3 Å². The summed E-state index contributed by atoms with van der Waals surface area (Å²) in [4.78, 5) is 28.7. The van der Waals surface area contributed by atoms with E-state index in [0.717, 1.165) is 24.3 Å². The van der Waals surface area contributed by atoms with Crippen LogP contribution in [-0.4, -0.2) is 91.3 Å². The number of thiophene rings is 1. The van der Waals surface area contributed by atoms with Crippen molar-refractivity contribution < 1.29 is 18.7 Å². The highest BCUT2D eigenvalue weighted by Gasteiger charge is 2.51. The molecule has 3 unspecified atom stereocenters. The summed E-state index contributed by atoms with van der Waals surface area (Å²) >= 11 is 1.01. The molecule has 0 radical (unpaired) electrons. The summed E-state index contributed by atoms with van der Waals surface area (Å²) < 4.78 is 27.1. The number of nitriles is 2. The number of anilines is 2. The first-order valence-corrected chi connectivity index (χ1v) is 17.1. The number of nitrogens with zero attached hydrogens (tertiary/aromatic N) is 7. The molecular formula is C36H37FN8O3S. The second kappa shape index (κ2) is 12.6. The van der Waals surface area contributed by atoms with Gasteiger partial charge in [-0.2, -0.15) is 20.5 Å². The number of ether oxygens (including phenoxy) is 2. The molecular weight excluding hydrogens is 644 g/mol. The lowest BCUT2D eigenvalue weighted by Gasteiger charge is -2.33. The maximum Gasteiger partial charge on any atom is 0.319 e. The predicted molar refractivity (Wildman–Crippen MR) is 187 cm³/mol. The van der Waals surface area contributed by atoms with Gasteiger partial charge in [-0.1, -0.05) is 12.6 Å². The topological polar surface area (TPSA) is 145 Å². The number of nitrogens with two attached hydrogens (primary N) is 1. The van der Waals surface area contributed by atoms with Gasteiger partial charge in [0, 0.05) is 49.6 Å². The largest absolute Gasteiger partial charge is 0.462 e. The van der Waals surface area contributed by atoms with Crippen molar-refractivity contribution in [3.8, 4) is 29.3 Å². The fraction of sp³-hybridized carbons (Fsp3) is 0.417. The van der Waals surface area contributed by atoms with Gasteiger partial charge in [-0.3, -0.25) is 9.69 Å². The molecule has 49 heavy (non-hydrogen) atoms. The molecule has 1 amide bonds.